The van der Waals surface area contributed by atoms with E-state index in [0.29, 0.717) is 6.54 Å². The molecule has 0 rings (SSSR count). The van der Waals surface area contributed by atoms with Crippen molar-refractivity contribution >= 4 is 11.9 Å². The summed E-state index contributed by atoms with van der Waals surface area (Å²) in [5.74, 6) is -0.607. The molecule has 0 heterocycles. The molecule has 0 saturated heterocycles. The van der Waals surface area contributed by atoms with E-state index in [4.69, 9.17) is 5.11 Å². The van der Waals surface area contributed by atoms with Crippen molar-refractivity contribution in [2.75, 3.05) is 6.54 Å². The molecular weight excluding hydrogens is 170 g/mol. The lowest BCUT2D eigenvalue weighted by Gasteiger charge is -2.07. The van der Waals surface area contributed by atoms with Crippen LogP contribution in [0.3, 0.4) is 0 Å². The Hall–Kier alpha value is -1.06. The van der Waals surface area contributed by atoms with Crippen LogP contribution in [0.5, 0.6) is 0 Å². The fraction of sp³-hybridized carbons (Fsp3) is 0.778. The molecule has 0 saturated carbocycles. The summed E-state index contributed by atoms with van der Waals surface area (Å²) < 4.78 is 0. The molecule has 0 bridgehead atoms. The lowest BCUT2D eigenvalue weighted by molar-refractivity contribution is -0.138. The van der Waals surface area contributed by atoms with Crippen molar-refractivity contribution in [3.05, 3.63) is 0 Å². The third-order valence-electron chi connectivity index (χ3n) is 1.77. The van der Waals surface area contributed by atoms with Gasteiger partial charge in [-0.25, -0.2) is 0 Å². The summed E-state index contributed by atoms with van der Waals surface area (Å²) in [6, 6.07) is 0. The second-order valence-corrected chi connectivity index (χ2v) is 3.33. The van der Waals surface area contributed by atoms with Crippen molar-refractivity contribution < 1.29 is 14.7 Å². The molecule has 0 spiro atoms. The van der Waals surface area contributed by atoms with E-state index in [0.717, 1.165) is 12.8 Å². The summed E-state index contributed by atoms with van der Waals surface area (Å²) in [4.78, 5) is 20.7. The quantitative estimate of drug-likeness (QED) is 0.610. The van der Waals surface area contributed by atoms with Crippen LogP contribution in [0.25, 0.3) is 0 Å². The summed E-state index contributed by atoms with van der Waals surface area (Å²) in [5, 5.41) is 11.1. The maximum absolute atomic E-state index is 10.5. The maximum Gasteiger partial charge on any atom is 0.303 e. The van der Waals surface area contributed by atoms with Gasteiger partial charge in [0.25, 0.3) is 0 Å². The minimum atomic E-state index is -0.757. The van der Waals surface area contributed by atoms with Gasteiger partial charge >= 0.3 is 5.97 Å². The minimum absolute atomic E-state index is 0.0362. The third-order valence-corrected chi connectivity index (χ3v) is 1.77. The highest BCUT2D eigenvalue weighted by molar-refractivity contribution is 5.72. The van der Waals surface area contributed by atoms with Gasteiger partial charge in [0.05, 0.1) is 0 Å². The van der Waals surface area contributed by atoms with E-state index >= 15 is 0 Å². The molecule has 0 aromatic rings. The normalized spacial score (nSPS) is 12.2. The second-order valence-electron chi connectivity index (χ2n) is 3.33. The number of carboxylic acids is 1. The fourth-order valence-corrected chi connectivity index (χ4v) is 1.12. The van der Waals surface area contributed by atoms with E-state index in [-0.39, 0.29) is 18.2 Å². The first-order valence-electron chi connectivity index (χ1n) is 4.48. The van der Waals surface area contributed by atoms with Crippen LogP contribution in [0.2, 0.25) is 0 Å². The number of aliphatic carboxylic acids is 1. The molecule has 0 aliphatic rings. The van der Waals surface area contributed by atoms with E-state index in [1.165, 1.54) is 6.92 Å². The zero-order valence-electron chi connectivity index (χ0n) is 8.17. The highest BCUT2D eigenvalue weighted by Gasteiger charge is 2.06. The van der Waals surface area contributed by atoms with E-state index in [2.05, 4.69) is 5.32 Å². The van der Waals surface area contributed by atoms with Crippen molar-refractivity contribution in [3.8, 4) is 0 Å². The molecule has 4 heteroatoms. The molecule has 76 valence electrons. The number of carbonyl (C=O) groups excluding carboxylic acids is 1. The van der Waals surface area contributed by atoms with Gasteiger partial charge < -0.3 is 10.4 Å². The summed E-state index contributed by atoms with van der Waals surface area (Å²) in [5.41, 5.74) is 0. The van der Waals surface area contributed by atoms with Gasteiger partial charge in [-0.05, 0) is 18.8 Å². The number of hydrogen-bond donors (Lipinski definition) is 2. The lowest BCUT2D eigenvalue weighted by atomic mass is 10.0. The number of nitrogens with one attached hydrogen (secondary N) is 1. The Morgan fingerprint density at radius 1 is 1.46 bits per heavy atom. The Kier molecular flexibility index (Phi) is 5.93. The predicted molar refractivity (Wildman–Crippen MR) is 49.3 cm³/mol. The Morgan fingerprint density at radius 3 is 2.54 bits per heavy atom. The van der Waals surface area contributed by atoms with Gasteiger partial charge in [-0.3, -0.25) is 9.59 Å². The van der Waals surface area contributed by atoms with Crippen LogP contribution in [0.1, 0.15) is 33.1 Å². The van der Waals surface area contributed by atoms with Crippen molar-refractivity contribution in [1.82, 2.24) is 5.32 Å². The zero-order valence-corrected chi connectivity index (χ0v) is 8.17. The molecule has 13 heavy (non-hydrogen) atoms. The Labute approximate surface area is 78.3 Å². The van der Waals surface area contributed by atoms with E-state index in [9.17, 15) is 9.59 Å². The average Bonchev–Trinajstić information content (AvgIpc) is 1.96. The number of hydrogen-bond acceptors (Lipinski definition) is 2. The second kappa shape index (κ2) is 6.46. The molecule has 1 atom stereocenters. The molecule has 2 N–H and O–H groups in total. The Morgan fingerprint density at radius 2 is 2.08 bits per heavy atom. The molecule has 4 nitrogen and oxygen atoms in total. The lowest BCUT2D eigenvalue weighted by Crippen LogP contribution is -2.21. The van der Waals surface area contributed by atoms with Gasteiger partial charge in [0.15, 0.2) is 0 Å². The van der Waals surface area contributed by atoms with Crippen molar-refractivity contribution in [2.24, 2.45) is 5.92 Å². The van der Waals surface area contributed by atoms with Crippen LogP contribution in [0, 0.1) is 5.92 Å². The van der Waals surface area contributed by atoms with Crippen LogP contribution >= 0.6 is 0 Å². The van der Waals surface area contributed by atoms with Crippen molar-refractivity contribution in [1.29, 1.82) is 0 Å². The molecule has 0 aliphatic heterocycles. The minimum Gasteiger partial charge on any atom is -0.481 e. The van der Waals surface area contributed by atoms with E-state index < -0.39 is 5.97 Å². The zero-order chi connectivity index (χ0) is 10.3. The first kappa shape index (κ1) is 11.9. The van der Waals surface area contributed by atoms with Gasteiger partial charge in [0, 0.05) is 19.9 Å². The van der Waals surface area contributed by atoms with Gasteiger partial charge in [0.1, 0.15) is 0 Å². The van der Waals surface area contributed by atoms with Gasteiger partial charge in [-0.15, -0.1) is 0 Å². The Balaban J connectivity index is 3.31. The van der Waals surface area contributed by atoms with E-state index in [1.807, 2.05) is 6.92 Å². The van der Waals surface area contributed by atoms with E-state index in [1.54, 1.807) is 0 Å². The molecule has 0 aromatic heterocycles. The molecule has 0 aromatic carbocycles. The van der Waals surface area contributed by atoms with Gasteiger partial charge in [-0.2, -0.15) is 0 Å². The molecule has 0 aliphatic carbocycles. The van der Waals surface area contributed by atoms with Gasteiger partial charge in [0.2, 0.25) is 5.91 Å². The number of amides is 1. The van der Waals surface area contributed by atoms with Crippen LogP contribution in [0.4, 0.5) is 0 Å². The Bertz CT molecular complexity index is 180. The first-order valence-corrected chi connectivity index (χ1v) is 4.48. The summed E-state index contributed by atoms with van der Waals surface area (Å²) in [6.45, 7) is 4.02. The highest BCUT2D eigenvalue weighted by atomic mass is 16.4. The monoisotopic (exact) mass is 187 g/mol. The average molecular weight is 187 g/mol. The molecule has 1 amide bonds. The van der Waals surface area contributed by atoms with Crippen molar-refractivity contribution in [2.45, 2.75) is 33.1 Å². The predicted octanol–water partition coefficient (Wildman–Crippen LogP) is 1.01. The van der Waals surface area contributed by atoms with Crippen LogP contribution in [-0.4, -0.2) is 23.5 Å². The van der Waals surface area contributed by atoms with Crippen LogP contribution in [-0.2, 0) is 9.59 Å². The SMILES string of the molecule is CC(=O)NCCC[C@@H](C)CC(=O)O. The van der Waals surface area contributed by atoms with Crippen LogP contribution in [0.15, 0.2) is 0 Å². The number of carboxylic acid groups (broad SMARTS) is 1. The summed E-state index contributed by atoms with van der Waals surface area (Å²) >= 11 is 0. The summed E-state index contributed by atoms with van der Waals surface area (Å²) in [7, 11) is 0. The van der Waals surface area contributed by atoms with Crippen molar-refractivity contribution in [3.63, 3.8) is 0 Å². The van der Waals surface area contributed by atoms with Gasteiger partial charge in [-0.1, -0.05) is 6.92 Å². The third kappa shape index (κ3) is 8.85. The fourth-order valence-electron chi connectivity index (χ4n) is 1.12. The van der Waals surface area contributed by atoms with Crippen LogP contribution < -0.4 is 5.32 Å². The molecule has 0 fully saturated rings. The molecular formula is C9H17NO3. The standard InChI is InChI=1S/C9H17NO3/c1-7(6-9(12)13)4-3-5-10-8(2)11/h7H,3-6H2,1-2H3,(H,10,11)(H,12,13)/t7-/m1/s1. The first-order chi connectivity index (χ1) is 6.02. The smallest absolute Gasteiger partial charge is 0.303 e. The summed E-state index contributed by atoms with van der Waals surface area (Å²) in [6.07, 6.45) is 1.89. The number of carbonyl (C=O) groups is 2. The molecule has 0 radical (unpaired) electrons. The molecule has 0 unspecified atom stereocenters. The topological polar surface area (TPSA) is 66.4 Å². The highest BCUT2D eigenvalue weighted by Crippen LogP contribution is 2.08. The largest absolute Gasteiger partial charge is 0.481 e. The number of rotatable bonds is 6. The maximum atomic E-state index is 10.5.